The molecule has 1 unspecified atom stereocenters. The van der Waals surface area contributed by atoms with Crippen molar-refractivity contribution in [1.82, 2.24) is 5.32 Å². The fourth-order valence-corrected chi connectivity index (χ4v) is 2.22. The van der Waals surface area contributed by atoms with Crippen LogP contribution in [0.1, 0.15) is 35.7 Å². The van der Waals surface area contributed by atoms with Crippen molar-refractivity contribution < 1.29 is 9.90 Å². The number of hydrogen-bond acceptors (Lipinski definition) is 2. The Balaban J connectivity index is 2.79. The Morgan fingerprint density at radius 3 is 2.82 bits per heavy atom. The maximum absolute atomic E-state index is 12.1. The van der Waals surface area contributed by atoms with Crippen LogP contribution in [0.4, 0.5) is 0 Å². The van der Waals surface area contributed by atoms with Gasteiger partial charge in [-0.05, 0) is 54.0 Å². The highest BCUT2D eigenvalue weighted by Gasteiger charge is 2.14. The van der Waals surface area contributed by atoms with Crippen molar-refractivity contribution in [2.24, 2.45) is 0 Å². The molecular weight excluding hydrogens is 329 g/mol. The van der Waals surface area contributed by atoms with Crippen LogP contribution in [0.25, 0.3) is 0 Å². The molecule has 0 aliphatic rings. The first kappa shape index (κ1) is 14.4. The number of hydrogen-bond donors (Lipinski definition) is 2. The van der Waals surface area contributed by atoms with E-state index >= 15 is 0 Å². The second-order valence-corrected chi connectivity index (χ2v) is 5.11. The average Bonchev–Trinajstić information content (AvgIpc) is 2.31. The molecule has 0 saturated heterocycles. The molecule has 0 aromatic heterocycles. The van der Waals surface area contributed by atoms with Crippen molar-refractivity contribution in [1.29, 1.82) is 0 Å². The molecule has 17 heavy (non-hydrogen) atoms. The summed E-state index contributed by atoms with van der Waals surface area (Å²) in [5.41, 5.74) is 1.82. The van der Waals surface area contributed by atoms with Crippen LogP contribution in [-0.4, -0.2) is 23.7 Å². The van der Waals surface area contributed by atoms with Crippen molar-refractivity contribution >= 4 is 28.5 Å². The minimum atomic E-state index is -0.0570. The van der Waals surface area contributed by atoms with Gasteiger partial charge in [-0.15, -0.1) is 0 Å². The van der Waals surface area contributed by atoms with E-state index < -0.39 is 0 Å². The summed E-state index contributed by atoms with van der Waals surface area (Å²) in [6.07, 6.45) is 1.43. The summed E-state index contributed by atoms with van der Waals surface area (Å²) in [5, 5.41) is 11.8. The maximum atomic E-state index is 12.1. The summed E-state index contributed by atoms with van der Waals surface area (Å²) >= 11 is 2.19. The van der Waals surface area contributed by atoms with Crippen LogP contribution >= 0.6 is 22.6 Å². The summed E-state index contributed by atoms with van der Waals surface area (Å²) in [6, 6.07) is 5.75. The lowest BCUT2D eigenvalue weighted by Gasteiger charge is -2.16. The smallest absolute Gasteiger partial charge is 0.252 e. The first-order valence-corrected chi connectivity index (χ1v) is 6.84. The van der Waals surface area contributed by atoms with Gasteiger partial charge in [0, 0.05) is 16.2 Å². The average molecular weight is 347 g/mol. The SMILES string of the molecule is CCC(CCO)NC(=O)c1cccc(C)c1I. The quantitative estimate of drug-likeness (QED) is 0.804. The number of rotatable bonds is 5. The third-order valence-electron chi connectivity index (χ3n) is 2.74. The van der Waals surface area contributed by atoms with Crippen molar-refractivity contribution in [2.45, 2.75) is 32.7 Å². The van der Waals surface area contributed by atoms with Crippen molar-refractivity contribution in [3.8, 4) is 0 Å². The number of nitrogens with one attached hydrogen (secondary N) is 1. The van der Waals surface area contributed by atoms with Gasteiger partial charge in [-0.2, -0.15) is 0 Å². The lowest BCUT2D eigenvalue weighted by Crippen LogP contribution is -2.35. The second kappa shape index (κ2) is 6.96. The largest absolute Gasteiger partial charge is 0.396 e. The summed E-state index contributed by atoms with van der Waals surface area (Å²) in [6.45, 7) is 4.09. The standard InChI is InChI=1S/C13H18INO2/c1-3-10(7-8-16)15-13(17)11-6-4-5-9(2)12(11)14/h4-6,10,16H,3,7-8H2,1-2H3,(H,15,17). The summed E-state index contributed by atoms with van der Waals surface area (Å²) in [5.74, 6) is -0.0570. The summed E-state index contributed by atoms with van der Waals surface area (Å²) < 4.78 is 0.987. The number of aliphatic hydroxyl groups is 1. The second-order valence-electron chi connectivity index (χ2n) is 4.03. The van der Waals surface area contributed by atoms with Crippen LogP contribution < -0.4 is 5.32 Å². The molecule has 1 atom stereocenters. The Bertz CT molecular complexity index is 393. The molecule has 0 radical (unpaired) electrons. The van der Waals surface area contributed by atoms with E-state index in [0.29, 0.717) is 12.0 Å². The summed E-state index contributed by atoms with van der Waals surface area (Å²) in [7, 11) is 0. The number of halogens is 1. The number of aryl methyl sites for hydroxylation is 1. The Hall–Kier alpha value is -0.620. The van der Waals surface area contributed by atoms with E-state index in [0.717, 1.165) is 15.6 Å². The van der Waals surface area contributed by atoms with Gasteiger partial charge in [0.2, 0.25) is 0 Å². The van der Waals surface area contributed by atoms with Crippen molar-refractivity contribution in [3.05, 3.63) is 32.9 Å². The molecule has 1 aromatic carbocycles. The Kier molecular flexibility index (Phi) is 5.91. The van der Waals surface area contributed by atoms with Gasteiger partial charge in [-0.1, -0.05) is 19.1 Å². The molecule has 0 heterocycles. The van der Waals surface area contributed by atoms with E-state index in [-0.39, 0.29) is 18.6 Å². The maximum Gasteiger partial charge on any atom is 0.252 e. The first-order chi connectivity index (χ1) is 8.10. The molecule has 0 fully saturated rings. The Morgan fingerprint density at radius 1 is 1.53 bits per heavy atom. The van der Waals surface area contributed by atoms with Crippen LogP contribution in [0.15, 0.2) is 18.2 Å². The first-order valence-electron chi connectivity index (χ1n) is 5.77. The molecule has 0 spiro atoms. The molecule has 1 amide bonds. The van der Waals surface area contributed by atoms with Crippen LogP contribution in [0.2, 0.25) is 0 Å². The van der Waals surface area contributed by atoms with E-state index in [1.54, 1.807) is 0 Å². The lowest BCUT2D eigenvalue weighted by molar-refractivity contribution is 0.0928. The van der Waals surface area contributed by atoms with E-state index in [1.807, 2.05) is 32.0 Å². The number of benzene rings is 1. The molecule has 0 aliphatic heterocycles. The van der Waals surface area contributed by atoms with Gasteiger partial charge in [-0.3, -0.25) is 4.79 Å². The van der Waals surface area contributed by atoms with E-state index in [9.17, 15) is 4.79 Å². The lowest BCUT2D eigenvalue weighted by atomic mass is 10.1. The normalized spacial score (nSPS) is 12.2. The molecule has 1 rings (SSSR count). The van der Waals surface area contributed by atoms with Gasteiger partial charge in [0.25, 0.3) is 5.91 Å². The predicted octanol–water partition coefficient (Wildman–Crippen LogP) is 2.49. The fraction of sp³-hybridized carbons (Fsp3) is 0.462. The highest BCUT2D eigenvalue weighted by Crippen LogP contribution is 2.16. The molecule has 3 nitrogen and oxygen atoms in total. The number of aliphatic hydroxyl groups excluding tert-OH is 1. The number of amides is 1. The van der Waals surface area contributed by atoms with Crippen molar-refractivity contribution in [3.63, 3.8) is 0 Å². The third-order valence-corrected chi connectivity index (χ3v) is 4.17. The van der Waals surface area contributed by atoms with Gasteiger partial charge in [0.1, 0.15) is 0 Å². The fourth-order valence-electron chi connectivity index (χ4n) is 1.62. The molecule has 2 N–H and O–H groups in total. The van der Waals surface area contributed by atoms with Crippen LogP contribution in [0.3, 0.4) is 0 Å². The van der Waals surface area contributed by atoms with E-state index in [2.05, 4.69) is 27.9 Å². The Morgan fingerprint density at radius 2 is 2.24 bits per heavy atom. The number of carbonyl (C=O) groups excluding carboxylic acids is 1. The molecular formula is C13H18INO2. The molecule has 1 aromatic rings. The van der Waals surface area contributed by atoms with E-state index in [1.165, 1.54) is 0 Å². The van der Waals surface area contributed by atoms with Crippen LogP contribution in [-0.2, 0) is 0 Å². The molecule has 4 heteroatoms. The van der Waals surface area contributed by atoms with Gasteiger partial charge >= 0.3 is 0 Å². The van der Waals surface area contributed by atoms with Crippen molar-refractivity contribution in [2.75, 3.05) is 6.61 Å². The van der Waals surface area contributed by atoms with Gasteiger partial charge in [-0.25, -0.2) is 0 Å². The molecule has 0 bridgehead atoms. The minimum Gasteiger partial charge on any atom is -0.396 e. The van der Waals surface area contributed by atoms with Gasteiger partial charge in [0.05, 0.1) is 5.56 Å². The minimum absolute atomic E-state index is 0.0452. The summed E-state index contributed by atoms with van der Waals surface area (Å²) in [4.78, 5) is 12.1. The zero-order chi connectivity index (χ0) is 12.8. The Labute approximate surface area is 116 Å². The molecule has 94 valence electrons. The highest BCUT2D eigenvalue weighted by molar-refractivity contribution is 14.1. The zero-order valence-electron chi connectivity index (χ0n) is 10.2. The van der Waals surface area contributed by atoms with Gasteiger partial charge in [0.15, 0.2) is 0 Å². The topological polar surface area (TPSA) is 49.3 Å². The predicted molar refractivity (Wildman–Crippen MR) is 77.1 cm³/mol. The van der Waals surface area contributed by atoms with E-state index in [4.69, 9.17) is 5.11 Å². The highest BCUT2D eigenvalue weighted by atomic mass is 127. The van der Waals surface area contributed by atoms with Gasteiger partial charge < -0.3 is 10.4 Å². The third kappa shape index (κ3) is 3.96. The zero-order valence-corrected chi connectivity index (χ0v) is 12.3. The monoisotopic (exact) mass is 347 g/mol. The molecule has 0 saturated carbocycles. The van der Waals surface area contributed by atoms with Crippen LogP contribution in [0.5, 0.6) is 0 Å². The number of carbonyl (C=O) groups is 1. The molecule has 0 aliphatic carbocycles. The van der Waals surface area contributed by atoms with Crippen LogP contribution in [0, 0.1) is 10.5 Å².